The first kappa shape index (κ1) is 16.6. The molecule has 1 aromatic carbocycles. The van der Waals surface area contributed by atoms with E-state index in [0.717, 1.165) is 32.1 Å². The molecule has 2 amide bonds. The van der Waals surface area contributed by atoms with Crippen molar-refractivity contribution in [3.8, 4) is 11.5 Å². The van der Waals surface area contributed by atoms with Gasteiger partial charge in [0.2, 0.25) is 11.8 Å². The molecule has 1 saturated carbocycles. The normalized spacial score (nSPS) is 21.2. The van der Waals surface area contributed by atoms with E-state index in [1.807, 2.05) is 0 Å². The standard InChI is InChI=1S/C18H24N2O4/c21-15-9-3-7-13(16(15)22)11-19-17(23)14-8-4-10-20(14)18(24)12-5-1-2-6-12/h3,7,9,12,14,21-22H,1-2,4-6,8,10-11H2,(H,19,23). The van der Waals surface area contributed by atoms with Crippen molar-refractivity contribution < 1.29 is 19.8 Å². The molecule has 1 heterocycles. The van der Waals surface area contributed by atoms with Gasteiger partial charge >= 0.3 is 0 Å². The Morgan fingerprint density at radius 1 is 1.12 bits per heavy atom. The zero-order chi connectivity index (χ0) is 17.1. The Morgan fingerprint density at radius 2 is 1.88 bits per heavy atom. The summed E-state index contributed by atoms with van der Waals surface area (Å²) >= 11 is 0. The molecular weight excluding hydrogens is 308 g/mol. The SMILES string of the molecule is O=C(NCc1cccc(O)c1O)C1CCCN1C(=O)C1CCCC1. The molecular formula is C18H24N2O4. The van der Waals surface area contributed by atoms with Gasteiger partial charge in [0, 0.05) is 24.6 Å². The van der Waals surface area contributed by atoms with Gasteiger partial charge in [-0.25, -0.2) is 0 Å². The van der Waals surface area contributed by atoms with Crippen molar-refractivity contribution in [2.45, 2.75) is 51.1 Å². The minimum absolute atomic E-state index is 0.0773. The number of nitrogens with one attached hydrogen (secondary N) is 1. The van der Waals surface area contributed by atoms with Gasteiger partial charge in [0.25, 0.3) is 0 Å². The van der Waals surface area contributed by atoms with Crippen LogP contribution in [0, 0.1) is 5.92 Å². The highest BCUT2D eigenvalue weighted by atomic mass is 16.3. The largest absolute Gasteiger partial charge is 0.504 e. The van der Waals surface area contributed by atoms with Gasteiger partial charge in [-0.15, -0.1) is 0 Å². The molecule has 6 heteroatoms. The second-order valence-corrected chi connectivity index (χ2v) is 6.67. The molecule has 130 valence electrons. The van der Waals surface area contributed by atoms with E-state index in [1.54, 1.807) is 17.0 Å². The molecule has 2 fully saturated rings. The van der Waals surface area contributed by atoms with Gasteiger partial charge in [0.05, 0.1) is 0 Å². The second-order valence-electron chi connectivity index (χ2n) is 6.67. The van der Waals surface area contributed by atoms with Crippen molar-refractivity contribution in [2.24, 2.45) is 5.92 Å². The van der Waals surface area contributed by atoms with Gasteiger partial charge in [-0.1, -0.05) is 25.0 Å². The van der Waals surface area contributed by atoms with E-state index in [1.165, 1.54) is 6.07 Å². The van der Waals surface area contributed by atoms with Crippen LogP contribution in [0.3, 0.4) is 0 Å². The van der Waals surface area contributed by atoms with Gasteiger partial charge in [-0.3, -0.25) is 9.59 Å². The number of hydrogen-bond donors (Lipinski definition) is 3. The first-order valence-electron chi connectivity index (χ1n) is 8.66. The Kier molecular flexibility index (Phi) is 4.92. The van der Waals surface area contributed by atoms with Crippen LogP contribution in [0.1, 0.15) is 44.1 Å². The van der Waals surface area contributed by atoms with Crippen LogP contribution in [0.5, 0.6) is 11.5 Å². The van der Waals surface area contributed by atoms with E-state index >= 15 is 0 Å². The van der Waals surface area contributed by atoms with E-state index in [-0.39, 0.29) is 35.8 Å². The predicted octanol–water partition coefficient (Wildman–Crippen LogP) is 1.90. The Labute approximate surface area is 141 Å². The van der Waals surface area contributed by atoms with Crippen molar-refractivity contribution in [1.29, 1.82) is 0 Å². The maximum Gasteiger partial charge on any atom is 0.243 e. The fraction of sp³-hybridized carbons (Fsp3) is 0.556. The van der Waals surface area contributed by atoms with Crippen molar-refractivity contribution in [2.75, 3.05) is 6.54 Å². The number of carbonyl (C=O) groups excluding carboxylic acids is 2. The van der Waals surface area contributed by atoms with Crippen LogP contribution in [0.15, 0.2) is 18.2 Å². The number of nitrogens with zero attached hydrogens (tertiary/aromatic N) is 1. The summed E-state index contributed by atoms with van der Waals surface area (Å²) in [4.78, 5) is 26.8. The monoisotopic (exact) mass is 332 g/mol. The number of carbonyl (C=O) groups is 2. The average Bonchev–Trinajstić information content (AvgIpc) is 3.27. The van der Waals surface area contributed by atoms with Crippen LogP contribution in [0.25, 0.3) is 0 Å². The summed E-state index contributed by atoms with van der Waals surface area (Å²) in [5.74, 6) is -0.427. The Hall–Kier alpha value is -2.24. The van der Waals surface area contributed by atoms with Gasteiger partial charge in [0.15, 0.2) is 11.5 Å². The topological polar surface area (TPSA) is 89.9 Å². The molecule has 0 spiro atoms. The zero-order valence-corrected chi connectivity index (χ0v) is 13.7. The van der Waals surface area contributed by atoms with E-state index in [4.69, 9.17) is 0 Å². The van der Waals surface area contributed by atoms with E-state index in [2.05, 4.69) is 5.32 Å². The highest BCUT2D eigenvalue weighted by molar-refractivity contribution is 5.89. The maximum atomic E-state index is 12.6. The third-order valence-corrected chi connectivity index (χ3v) is 5.09. The molecule has 0 aromatic heterocycles. The second kappa shape index (κ2) is 7.11. The van der Waals surface area contributed by atoms with Gasteiger partial charge in [-0.2, -0.15) is 0 Å². The van der Waals surface area contributed by atoms with Crippen LogP contribution in [-0.2, 0) is 16.1 Å². The molecule has 3 N–H and O–H groups in total. The Bertz CT molecular complexity index is 625. The van der Waals surface area contributed by atoms with Gasteiger partial charge in [-0.05, 0) is 31.7 Å². The smallest absolute Gasteiger partial charge is 0.243 e. The van der Waals surface area contributed by atoms with Crippen molar-refractivity contribution >= 4 is 11.8 Å². The van der Waals surface area contributed by atoms with E-state index in [9.17, 15) is 19.8 Å². The lowest BCUT2D eigenvalue weighted by molar-refractivity contribution is -0.141. The maximum absolute atomic E-state index is 12.6. The van der Waals surface area contributed by atoms with E-state index in [0.29, 0.717) is 18.5 Å². The van der Waals surface area contributed by atoms with Gasteiger partial charge in [0.1, 0.15) is 6.04 Å². The third kappa shape index (κ3) is 3.32. The van der Waals surface area contributed by atoms with Crippen molar-refractivity contribution in [3.05, 3.63) is 23.8 Å². The van der Waals surface area contributed by atoms with Crippen LogP contribution in [0.2, 0.25) is 0 Å². The molecule has 1 aliphatic carbocycles. The molecule has 3 rings (SSSR count). The van der Waals surface area contributed by atoms with Crippen molar-refractivity contribution in [1.82, 2.24) is 10.2 Å². The Balaban J connectivity index is 1.61. The lowest BCUT2D eigenvalue weighted by Crippen LogP contribution is -2.47. The number of amides is 2. The average molecular weight is 332 g/mol. The summed E-state index contributed by atoms with van der Waals surface area (Å²) < 4.78 is 0. The first-order valence-corrected chi connectivity index (χ1v) is 8.66. The number of aromatic hydroxyl groups is 2. The number of hydrogen-bond acceptors (Lipinski definition) is 4. The first-order chi connectivity index (χ1) is 11.6. The summed E-state index contributed by atoms with van der Waals surface area (Å²) in [7, 11) is 0. The van der Waals surface area contributed by atoms with Gasteiger partial charge < -0.3 is 20.4 Å². The highest BCUT2D eigenvalue weighted by Gasteiger charge is 2.37. The lowest BCUT2D eigenvalue weighted by Gasteiger charge is -2.26. The molecule has 24 heavy (non-hydrogen) atoms. The molecule has 1 saturated heterocycles. The van der Waals surface area contributed by atoms with Crippen LogP contribution in [0.4, 0.5) is 0 Å². The molecule has 6 nitrogen and oxygen atoms in total. The molecule has 1 aromatic rings. The summed E-state index contributed by atoms with van der Waals surface area (Å²) in [5.41, 5.74) is 0.454. The van der Waals surface area contributed by atoms with Crippen LogP contribution in [-0.4, -0.2) is 39.5 Å². The minimum Gasteiger partial charge on any atom is -0.504 e. The molecule has 1 unspecified atom stereocenters. The molecule has 2 aliphatic rings. The number of rotatable bonds is 4. The third-order valence-electron chi connectivity index (χ3n) is 5.09. The number of para-hydroxylation sites is 1. The zero-order valence-electron chi connectivity index (χ0n) is 13.7. The number of benzene rings is 1. The molecule has 0 radical (unpaired) electrons. The number of phenolic OH excluding ortho intramolecular Hbond substituents is 2. The van der Waals surface area contributed by atoms with E-state index < -0.39 is 6.04 Å². The quantitative estimate of drug-likeness (QED) is 0.735. The van der Waals surface area contributed by atoms with Crippen molar-refractivity contribution in [3.63, 3.8) is 0 Å². The Morgan fingerprint density at radius 3 is 2.62 bits per heavy atom. The summed E-state index contributed by atoms with van der Waals surface area (Å²) in [6.07, 6.45) is 5.57. The molecule has 1 atom stereocenters. The summed E-state index contributed by atoms with van der Waals surface area (Å²) in [6.45, 7) is 0.770. The fourth-order valence-electron chi connectivity index (χ4n) is 3.73. The molecule has 1 aliphatic heterocycles. The molecule has 0 bridgehead atoms. The highest BCUT2D eigenvalue weighted by Crippen LogP contribution is 2.30. The minimum atomic E-state index is -0.419. The van der Waals surface area contributed by atoms with Crippen LogP contribution >= 0.6 is 0 Å². The lowest BCUT2D eigenvalue weighted by atomic mass is 10.1. The summed E-state index contributed by atoms with van der Waals surface area (Å²) in [5, 5.41) is 22.1. The predicted molar refractivity (Wildman–Crippen MR) is 88.3 cm³/mol. The fourth-order valence-corrected chi connectivity index (χ4v) is 3.73. The number of phenols is 2. The van der Waals surface area contributed by atoms with Crippen LogP contribution < -0.4 is 5.32 Å². The number of likely N-dealkylation sites (tertiary alicyclic amines) is 1. The summed E-state index contributed by atoms with van der Waals surface area (Å²) in [6, 6.07) is 4.23.